The van der Waals surface area contributed by atoms with Crippen molar-refractivity contribution >= 4 is 10.0 Å². The zero-order chi connectivity index (χ0) is 17.2. The van der Waals surface area contributed by atoms with Gasteiger partial charge in [-0.2, -0.15) is 4.98 Å². The van der Waals surface area contributed by atoms with Crippen LogP contribution in [0.2, 0.25) is 0 Å². The molecule has 0 spiro atoms. The van der Waals surface area contributed by atoms with Crippen LogP contribution in [0.1, 0.15) is 29.6 Å². The van der Waals surface area contributed by atoms with Crippen molar-refractivity contribution in [2.45, 2.75) is 24.7 Å². The Balaban J connectivity index is 1.68. The second kappa shape index (κ2) is 6.96. The van der Waals surface area contributed by atoms with Crippen molar-refractivity contribution in [2.24, 2.45) is 0 Å². The summed E-state index contributed by atoms with van der Waals surface area (Å²) in [5, 5.41) is 3.88. The van der Waals surface area contributed by atoms with Gasteiger partial charge in [-0.05, 0) is 12.5 Å². The predicted octanol–water partition coefficient (Wildman–Crippen LogP) is 1.67. The van der Waals surface area contributed by atoms with Gasteiger partial charge in [0.05, 0.1) is 5.75 Å². The zero-order valence-corrected chi connectivity index (χ0v) is 14.0. The van der Waals surface area contributed by atoms with E-state index in [2.05, 4.69) is 10.1 Å². The summed E-state index contributed by atoms with van der Waals surface area (Å²) in [4.78, 5) is 4.21. The molecule has 1 fully saturated rings. The van der Waals surface area contributed by atoms with Gasteiger partial charge in [0.2, 0.25) is 10.0 Å². The molecule has 1 aromatic heterocycles. The van der Waals surface area contributed by atoms with Gasteiger partial charge in [0.25, 0.3) is 5.89 Å². The molecule has 7 nitrogen and oxygen atoms in total. The fourth-order valence-electron chi connectivity index (χ4n) is 2.71. The minimum atomic E-state index is -3.60. The van der Waals surface area contributed by atoms with E-state index in [1.807, 2.05) is 0 Å². The molecule has 3 rings (SSSR count). The van der Waals surface area contributed by atoms with Crippen molar-refractivity contribution < 1.29 is 22.1 Å². The molecule has 9 heteroatoms. The van der Waals surface area contributed by atoms with Gasteiger partial charge in [0, 0.05) is 31.7 Å². The molecule has 1 aliphatic heterocycles. The second-order valence-electron chi connectivity index (χ2n) is 5.67. The molecule has 1 aliphatic rings. The van der Waals surface area contributed by atoms with E-state index in [1.165, 1.54) is 29.6 Å². The minimum Gasteiger partial charge on any atom is -0.375 e. The third-order valence-corrected chi connectivity index (χ3v) is 5.75. The Bertz CT molecular complexity index is 809. The molecule has 0 amide bonds. The number of benzene rings is 1. The first-order chi connectivity index (χ1) is 11.5. The summed E-state index contributed by atoms with van der Waals surface area (Å²) in [6, 6.07) is 5.90. The lowest BCUT2D eigenvalue weighted by Gasteiger charge is -2.16. The zero-order valence-electron chi connectivity index (χ0n) is 13.2. The molecule has 0 saturated carbocycles. The molecule has 24 heavy (non-hydrogen) atoms. The standard InChI is InChI=1S/C15H18FN3O4S/c1-22-9-14-17-15(18-23-14)11-6-7-19(8-11)24(20,21)10-12-4-2-3-5-13(12)16/h2-5,11H,6-10H2,1H3/t11-/m0/s1. The molecule has 0 N–H and O–H groups in total. The molecule has 130 valence electrons. The Kier molecular flexibility index (Phi) is 4.93. The van der Waals surface area contributed by atoms with Gasteiger partial charge in [0.15, 0.2) is 5.82 Å². The van der Waals surface area contributed by atoms with E-state index in [4.69, 9.17) is 9.26 Å². The summed E-state index contributed by atoms with van der Waals surface area (Å²) >= 11 is 0. The number of aromatic nitrogens is 2. The lowest BCUT2D eigenvalue weighted by atomic mass is 10.1. The molecule has 1 atom stereocenters. The van der Waals surface area contributed by atoms with Crippen LogP contribution in [0, 0.1) is 5.82 Å². The van der Waals surface area contributed by atoms with Crippen LogP contribution >= 0.6 is 0 Å². The molecule has 0 aliphatic carbocycles. The molecule has 0 bridgehead atoms. The van der Waals surface area contributed by atoms with Crippen LogP contribution in [0.3, 0.4) is 0 Å². The lowest BCUT2D eigenvalue weighted by molar-refractivity contribution is 0.151. The van der Waals surface area contributed by atoms with Crippen LogP contribution in [0.5, 0.6) is 0 Å². The van der Waals surface area contributed by atoms with Crippen molar-refractivity contribution in [2.75, 3.05) is 20.2 Å². The van der Waals surface area contributed by atoms with Crippen LogP contribution in [0.15, 0.2) is 28.8 Å². The number of hydrogen-bond acceptors (Lipinski definition) is 6. The Morgan fingerprint density at radius 3 is 2.96 bits per heavy atom. The maximum atomic E-state index is 13.7. The fourth-order valence-corrected chi connectivity index (χ4v) is 4.31. The van der Waals surface area contributed by atoms with Gasteiger partial charge >= 0.3 is 0 Å². The summed E-state index contributed by atoms with van der Waals surface area (Å²) < 4.78 is 50.0. The second-order valence-corrected chi connectivity index (χ2v) is 7.64. The topological polar surface area (TPSA) is 85.5 Å². The van der Waals surface area contributed by atoms with Crippen molar-refractivity contribution in [3.05, 3.63) is 47.4 Å². The first-order valence-corrected chi connectivity index (χ1v) is 9.13. The molecule has 2 aromatic rings. The Hall–Kier alpha value is -1.84. The molecule has 1 saturated heterocycles. The summed E-state index contributed by atoms with van der Waals surface area (Å²) in [6.07, 6.45) is 0.600. The van der Waals surface area contributed by atoms with E-state index in [9.17, 15) is 12.8 Å². The summed E-state index contributed by atoms with van der Waals surface area (Å²) in [7, 11) is -2.07. The van der Waals surface area contributed by atoms with Gasteiger partial charge in [0.1, 0.15) is 12.4 Å². The van der Waals surface area contributed by atoms with Crippen LogP contribution < -0.4 is 0 Å². The van der Waals surface area contributed by atoms with Gasteiger partial charge in [-0.1, -0.05) is 23.4 Å². The van der Waals surface area contributed by atoms with E-state index in [-0.39, 0.29) is 30.4 Å². The SMILES string of the molecule is COCc1nc([C@H]2CCN(S(=O)(=O)Cc3ccccc3F)C2)no1. The molecule has 0 radical (unpaired) electrons. The van der Waals surface area contributed by atoms with Crippen LogP contribution in [0.4, 0.5) is 4.39 Å². The van der Waals surface area contributed by atoms with Gasteiger partial charge < -0.3 is 9.26 Å². The molecule has 0 unspecified atom stereocenters. The first-order valence-electron chi connectivity index (χ1n) is 7.52. The van der Waals surface area contributed by atoms with Crippen molar-refractivity contribution in [1.29, 1.82) is 0 Å². The van der Waals surface area contributed by atoms with E-state index >= 15 is 0 Å². The van der Waals surface area contributed by atoms with E-state index < -0.39 is 15.8 Å². The Morgan fingerprint density at radius 2 is 2.21 bits per heavy atom. The largest absolute Gasteiger partial charge is 0.375 e. The van der Waals surface area contributed by atoms with Crippen LogP contribution in [-0.2, 0) is 27.1 Å². The van der Waals surface area contributed by atoms with Gasteiger partial charge in [-0.15, -0.1) is 0 Å². The van der Waals surface area contributed by atoms with Crippen molar-refractivity contribution in [1.82, 2.24) is 14.4 Å². The third kappa shape index (κ3) is 3.63. The highest BCUT2D eigenvalue weighted by molar-refractivity contribution is 7.88. The number of hydrogen-bond donors (Lipinski definition) is 0. The Morgan fingerprint density at radius 1 is 1.42 bits per heavy atom. The molecule has 2 heterocycles. The lowest BCUT2D eigenvalue weighted by Crippen LogP contribution is -2.30. The maximum Gasteiger partial charge on any atom is 0.252 e. The number of ether oxygens (including phenoxy) is 1. The highest BCUT2D eigenvalue weighted by Crippen LogP contribution is 2.28. The normalized spacial score (nSPS) is 19.0. The van der Waals surface area contributed by atoms with E-state index in [1.54, 1.807) is 6.07 Å². The smallest absolute Gasteiger partial charge is 0.252 e. The van der Waals surface area contributed by atoms with Crippen molar-refractivity contribution in [3.8, 4) is 0 Å². The van der Waals surface area contributed by atoms with Crippen LogP contribution in [-0.4, -0.2) is 43.1 Å². The highest BCUT2D eigenvalue weighted by Gasteiger charge is 2.34. The third-order valence-electron chi connectivity index (χ3n) is 3.96. The maximum absolute atomic E-state index is 13.7. The fraction of sp³-hybridized carbons (Fsp3) is 0.467. The van der Waals surface area contributed by atoms with Gasteiger partial charge in [-0.3, -0.25) is 0 Å². The number of nitrogens with zero attached hydrogens (tertiary/aromatic N) is 3. The van der Waals surface area contributed by atoms with E-state index in [0.717, 1.165) is 0 Å². The Labute approximate surface area is 139 Å². The first kappa shape index (κ1) is 17.0. The number of rotatable bonds is 6. The number of halogens is 1. The number of methoxy groups -OCH3 is 1. The van der Waals surface area contributed by atoms with Crippen molar-refractivity contribution in [3.63, 3.8) is 0 Å². The highest BCUT2D eigenvalue weighted by atomic mass is 32.2. The average molecular weight is 355 g/mol. The molecular formula is C15H18FN3O4S. The molecule has 1 aromatic carbocycles. The van der Waals surface area contributed by atoms with Crippen LogP contribution in [0.25, 0.3) is 0 Å². The predicted molar refractivity (Wildman–Crippen MR) is 83.0 cm³/mol. The van der Waals surface area contributed by atoms with Gasteiger partial charge in [-0.25, -0.2) is 17.1 Å². The molecular weight excluding hydrogens is 337 g/mol. The average Bonchev–Trinajstić information content (AvgIpc) is 3.19. The van der Waals surface area contributed by atoms with E-state index in [0.29, 0.717) is 24.7 Å². The number of sulfonamides is 1. The summed E-state index contributed by atoms with van der Waals surface area (Å²) in [5.74, 6) is -0.159. The summed E-state index contributed by atoms with van der Waals surface area (Å²) in [6.45, 7) is 0.841. The monoisotopic (exact) mass is 355 g/mol. The summed E-state index contributed by atoms with van der Waals surface area (Å²) in [5.41, 5.74) is 0.169. The quantitative estimate of drug-likeness (QED) is 0.784. The minimum absolute atomic E-state index is 0.130.